The predicted octanol–water partition coefficient (Wildman–Crippen LogP) is 4.00. The highest BCUT2D eigenvalue weighted by atomic mass is 35.5. The van der Waals surface area contributed by atoms with Gasteiger partial charge >= 0.3 is 0 Å². The Hall–Kier alpha value is -2.92. The maximum absolute atomic E-state index is 12.8. The lowest BCUT2D eigenvalue weighted by Crippen LogP contribution is -2.19. The van der Waals surface area contributed by atoms with Crippen LogP contribution < -0.4 is 5.56 Å². The summed E-state index contributed by atoms with van der Waals surface area (Å²) in [7, 11) is 0. The van der Waals surface area contributed by atoms with E-state index in [2.05, 4.69) is 9.97 Å². The van der Waals surface area contributed by atoms with E-state index >= 15 is 0 Å². The van der Waals surface area contributed by atoms with Gasteiger partial charge in [0.2, 0.25) is 0 Å². The van der Waals surface area contributed by atoms with Gasteiger partial charge in [-0.3, -0.25) is 14.3 Å². The molecule has 6 heteroatoms. The molecule has 5 nitrogen and oxygen atoms in total. The first kappa shape index (κ1) is 14.7. The number of oxazole rings is 1. The van der Waals surface area contributed by atoms with E-state index in [1.54, 1.807) is 18.5 Å². The van der Waals surface area contributed by atoms with E-state index in [0.717, 1.165) is 16.5 Å². The van der Waals surface area contributed by atoms with Gasteiger partial charge in [0, 0.05) is 23.3 Å². The summed E-state index contributed by atoms with van der Waals surface area (Å²) in [6.07, 6.45) is 3.24. The number of benzene rings is 1. The summed E-state index contributed by atoms with van der Waals surface area (Å²) >= 11 is 5.96. The molecule has 4 rings (SSSR count). The second kappa shape index (κ2) is 5.62. The molecule has 1 aromatic carbocycles. The molecule has 0 saturated carbocycles. The molecule has 0 saturated heterocycles. The fourth-order valence-electron chi connectivity index (χ4n) is 2.58. The Morgan fingerprint density at radius 3 is 2.71 bits per heavy atom. The van der Waals surface area contributed by atoms with Gasteiger partial charge in [0.05, 0.1) is 0 Å². The van der Waals surface area contributed by atoms with Crippen molar-refractivity contribution in [2.75, 3.05) is 0 Å². The van der Waals surface area contributed by atoms with Crippen LogP contribution in [0.15, 0.2) is 64.1 Å². The zero-order chi connectivity index (χ0) is 16.7. The van der Waals surface area contributed by atoms with E-state index < -0.39 is 0 Å². The van der Waals surface area contributed by atoms with E-state index in [-0.39, 0.29) is 10.9 Å². The lowest BCUT2D eigenvalue weighted by Gasteiger charge is -2.06. The number of hydrogen-bond donors (Lipinski definition) is 0. The fraction of sp³-hybridized carbons (Fsp3) is 0.0556. The van der Waals surface area contributed by atoms with E-state index in [1.807, 2.05) is 43.3 Å². The van der Waals surface area contributed by atoms with Gasteiger partial charge in [0.15, 0.2) is 11.6 Å². The second-order valence-electron chi connectivity index (χ2n) is 5.42. The summed E-state index contributed by atoms with van der Waals surface area (Å²) < 4.78 is 6.94. The number of rotatable bonds is 2. The Balaban J connectivity index is 1.96. The van der Waals surface area contributed by atoms with Crippen LogP contribution in [0.3, 0.4) is 0 Å². The molecule has 0 unspecified atom stereocenters. The molecule has 0 radical (unpaired) electrons. The van der Waals surface area contributed by atoms with Crippen molar-refractivity contribution >= 4 is 22.5 Å². The van der Waals surface area contributed by atoms with E-state index in [0.29, 0.717) is 17.1 Å². The van der Waals surface area contributed by atoms with Gasteiger partial charge in [-0.15, -0.1) is 0 Å². The van der Waals surface area contributed by atoms with Crippen molar-refractivity contribution < 1.29 is 4.42 Å². The molecule has 24 heavy (non-hydrogen) atoms. The summed E-state index contributed by atoms with van der Waals surface area (Å²) in [5.41, 5.74) is 2.02. The van der Waals surface area contributed by atoms with Crippen LogP contribution in [0, 0.1) is 6.92 Å². The minimum absolute atomic E-state index is 0.0198. The Kier molecular flexibility index (Phi) is 3.43. The quantitative estimate of drug-likeness (QED) is 0.554. The molecule has 0 spiro atoms. The van der Waals surface area contributed by atoms with Gasteiger partial charge in [0.1, 0.15) is 5.52 Å². The summed E-state index contributed by atoms with van der Waals surface area (Å²) in [5.74, 6) is 0.791. The molecule has 118 valence electrons. The van der Waals surface area contributed by atoms with Crippen LogP contribution in [-0.4, -0.2) is 14.5 Å². The highest BCUT2D eigenvalue weighted by molar-refractivity contribution is 6.28. The minimum atomic E-state index is -0.272. The van der Waals surface area contributed by atoms with Gasteiger partial charge in [-0.25, -0.2) is 0 Å². The average Bonchev–Trinajstić information content (AvgIpc) is 2.98. The second-order valence-corrected chi connectivity index (χ2v) is 5.74. The Labute approximate surface area is 142 Å². The summed E-state index contributed by atoms with van der Waals surface area (Å²) in [4.78, 5) is 21.1. The molecule has 3 heterocycles. The van der Waals surface area contributed by atoms with Gasteiger partial charge in [0.25, 0.3) is 10.9 Å². The van der Waals surface area contributed by atoms with Crippen molar-refractivity contribution in [3.05, 3.63) is 76.1 Å². The number of aryl methyl sites for hydroxylation is 1. The van der Waals surface area contributed by atoms with Crippen LogP contribution in [-0.2, 0) is 0 Å². The molecule has 0 atom stereocenters. The third kappa shape index (κ3) is 2.39. The van der Waals surface area contributed by atoms with E-state index in [1.165, 1.54) is 4.57 Å². The zero-order valence-corrected chi connectivity index (χ0v) is 13.5. The largest absolute Gasteiger partial charge is 0.425 e. The van der Waals surface area contributed by atoms with Crippen LogP contribution in [0.4, 0.5) is 0 Å². The molecule has 0 aliphatic carbocycles. The topological polar surface area (TPSA) is 60.9 Å². The smallest absolute Gasteiger partial charge is 0.294 e. The van der Waals surface area contributed by atoms with Crippen molar-refractivity contribution in [1.29, 1.82) is 0 Å². The molecular formula is C18H12ClN3O2. The van der Waals surface area contributed by atoms with Crippen LogP contribution in [0.5, 0.6) is 0 Å². The molecule has 0 N–H and O–H groups in total. The molecule has 0 fully saturated rings. The first-order chi connectivity index (χ1) is 11.6. The molecule has 3 aromatic heterocycles. The molecule has 0 bridgehead atoms. The number of hydrogen-bond acceptors (Lipinski definition) is 4. The first-order valence-corrected chi connectivity index (χ1v) is 7.71. The highest BCUT2D eigenvalue weighted by Crippen LogP contribution is 2.29. The molecule has 0 aliphatic rings. The Morgan fingerprint density at radius 2 is 1.92 bits per heavy atom. The van der Waals surface area contributed by atoms with Crippen LogP contribution in [0.1, 0.15) is 5.56 Å². The lowest BCUT2D eigenvalue weighted by molar-refractivity contribution is 0.573. The molecule has 0 aliphatic heterocycles. The van der Waals surface area contributed by atoms with Crippen LogP contribution >= 0.6 is 11.6 Å². The van der Waals surface area contributed by atoms with Gasteiger partial charge < -0.3 is 4.42 Å². The van der Waals surface area contributed by atoms with Crippen LogP contribution in [0.2, 0.25) is 5.35 Å². The predicted molar refractivity (Wildman–Crippen MR) is 92.6 cm³/mol. The third-order valence-corrected chi connectivity index (χ3v) is 3.95. The van der Waals surface area contributed by atoms with Gasteiger partial charge in [-0.05, 0) is 30.7 Å². The Bertz CT molecular complexity index is 1100. The first-order valence-electron chi connectivity index (χ1n) is 7.33. The minimum Gasteiger partial charge on any atom is -0.425 e. The maximum atomic E-state index is 12.8. The lowest BCUT2D eigenvalue weighted by atomic mass is 10.1. The normalized spacial score (nSPS) is 11.1. The summed E-state index contributed by atoms with van der Waals surface area (Å²) in [6.45, 7) is 2.00. The third-order valence-electron chi connectivity index (χ3n) is 3.79. The van der Waals surface area contributed by atoms with Crippen LogP contribution in [0.25, 0.3) is 28.0 Å². The van der Waals surface area contributed by atoms with Crippen molar-refractivity contribution in [2.24, 2.45) is 0 Å². The van der Waals surface area contributed by atoms with Crippen molar-refractivity contribution in [3.8, 4) is 17.1 Å². The summed E-state index contributed by atoms with van der Waals surface area (Å²) in [5, 5.41) is 0.749. The van der Waals surface area contributed by atoms with Crippen molar-refractivity contribution in [1.82, 2.24) is 14.5 Å². The zero-order valence-electron chi connectivity index (χ0n) is 12.7. The number of aromatic nitrogens is 3. The maximum Gasteiger partial charge on any atom is 0.294 e. The molecule has 4 aromatic rings. The van der Waals surface area contributed by atoms with Gasteiger partial charge in [-0.2, -0.15) is 4.98 Å². The molecule has 0 amide bonds. The fourth-order valence-corrected chi connectivity index (χ4v) is 2.73. The average molecular weight is 338 g/mol. The summed E-state index contributed by atoms with van der Waals surface area (Å²) in [6, 6.07) is 13.2. The van der Waals surface area contributed by atoms with Crippen molar-refractivity contribution in [3.63, 3.8) is 0 Å². The number of halogens is 1. The number of fused-ring (bicyclic) bond motifs is 1. The standard InChI is InChI=1S/C18H12ClN3O2/c1-11-4-6-13(7-5-11)15-16(21-18(19)24-15)22-10-8-12-3-2-9-20-14(12)17(22)23/h2-10H,1H3. The van der Waals surface area contributed by atoms with E-state index in [9.17, 15) is 4.79 Å². The number of nitrogens with zero attached hydrogens (tertiary/aromatic N) is 3. The van der Waals surface area contributed by atoms with Crippen molar-refractivity contribution in [2.45, 2.75) is 6.92 Å². The highest BCUT2D eigenvalue weighted by Gasteiger charge is 2.18. The molecular weight excluding hydrogens is 326 g/mol. The SMILES string of the molecule is Cc1ccc(-c2oc(Cl)nc2-n2ccc3cccnc3c2=O)cc1. The van der Waals surface area contributed by atoms with Gasteiger partial charge in [-0.1, -0.05) is 35.9 Å². The van der Waals surface area contributed by atoms with E-state index in [4.69, 9.17) is 16.0 Å². The monoisotopic (exact) mass is 337 g/mol. The Morgan fingerprint density at radius 1 is 1.12 bits per heavy atom. The number of pyridine rings is 2.